The zero-order valence-corrected chi connectivity index (χ0v) is 8.94. The van der Waals surface area contributed by atoms with Gasteiger partial charge in [-0.1, -0.05) is 24.8 Å². The molecule has 0 saturated carbocycles. The first-order valence-electron chi connectivity index (χ1n) is 4.78. The number of nitrogens with zero attached hydrogens (tertiary/aromatic N) is 3. The number of carbonyl (C=O) groups excluding carboxylic acids is 1. The molecule has 0 amide bonds. The van der Waals surface area contributed by atoms with Crippen molar-refractivity contribution in [2.75, 3.05) is 6.61 Å². The Morgan fingerprint density at radius 3 is 3.00 bits per heavy atom. The summed E-state index contributed by atoms with van der Waals surface area (Å²) >= 11 is 0. The smallest absolute Gasteiger partial charge is 0.433 e. The molecular formula is C11H10N3O3+. The molecule has 0 aliphatic rings. The van der Waals surface area contributed by atoms with Gasteiger partial charge in [0.15, 0.2) is 0 Å². The number of carbonyl (C=O) groups is 1. The second kappa shape index (κ2) is 6.12. The van der Waals surface area contributed by atoms with Crippen LogP contribution >= 0.6 is 0 Å². The van der Waals surface area contributed by atoms with E-state index in [4.69, 9.17) is 10.1 Å². The van der Waals surface area contributed by atoms with Gasteiger partial charge in [-0.15, -0.1) is 4.91 Å². The molecule has 1 unspecified atom stereocenters. The van der Waals surface area contributed by atoms with Gasteiger partial charge in [-0.2, -0.15) is 0 Å². The van der Waals surface area contributed by atoms with Crippen molar-refractivity contribution < 1.29 is 9.53 Å². The van der Waals surface area contributed by atoms with Gasteiger partial charge in [-0.3, -0.25) is 0 Å². The molecule has 1 aromatic carbocycles. The molecule has 0 aliphatic carbocycles. The van der Waals surface area contributed by atoms with Gasteiger partial charge < -0.3 is 4.74 Å². The highest BCUT2D eigenvalue weighted by Crippen LogP contribution is 2.23. The third-order valence-electron chi connectivity index (χ3n) is 1.97. The molecule has 0 saturated heterocycles. The lowest BCUT2D eigenvalue weighted by Crippen LogP contribution is -2.13. The minimum absolute atomic E-state index is 0.0243. The van der Waals surface area contributed by atoms with Crippen LogP contribution in [0, 0.1) is 10.3 Å². The molecule has 0 aliphatic heterocycles. The summed E-state index contributed by atoms with van der Waals surface area (Å²) in [4.78, 5) is 24.8. The fourth-order valence-corrected chi connectivity index (χ4v) is 1.22. The van der Waals surface area contributed by atoms with Crippen LogP contribution in [0.4, 0.5) is 5.69 Å². The van der Waals surface area contributed by atoms with Crippen LogP contribution in [0.5, 0.6) is 0 Å². The normalized spacial score (nSPS) is 11.0. The van der Waals surface area contributed by atoms with E-state index in [0.717, 1.165) is 0 Å². The van der Waals surface area contributed by atoms with E-state index in [1.165, 1.54) is 30.3 Å². The Hall–Kier alpha value is -2.55. The van der Waals surface area contributed by atoms with Gasteiger partial charge in [0.2, 0.25) is 5.39 Å². The van der Waals surface area contributed by atoms with E-state index in [9.17, 15) is 9.70 Å². The molecular weight excluding hydrogens is 222 g/mol. The average Bonchev–Trinajstić information content (AvgIpc) is 2.37. The molecule has 0 N–H and O–H groups in total. The molecule has 0 fully saturated rings. The second-order valence-electron chi connectivity index (χ2n) is 3.12. The maximum Gasteiger partial charge on any atom is 0.433 e. The van der Waals surface area contributed by atoms with Crippen molar-refractivity contribution in [3.8, 4) is 0 Å². The second-order valence-corrected chi connectivity index (χ2v) is 3.12. The summed E-state index contributed by atoms with van der Waals surface area (Å²) in [6.07, 6.45) is 1.40. The van der Waals surface area contributed by atoms with Crippen LogP contribution in [-0.4, -0.2) is 12.6 Å². The molecule has 1 rings (SSSR count). The summed E-state index contributed by atoms with van der Waals surface area (Å²) in [5, 5.41) is 11.5. The van der Waals surface area contributed by atoms with E-state index in [1.807, 2.05) is 0 Å². The van der Waals surface area contributed by atoms with E-state index in [2.05, 4.69) is 16.7 Å². The molecule has 0 spiro atoms. The number of benzene rings is 1. The van der Waals surface area contributed by atoms with Gasteiger partial charge in [0.1, 0.15) is 17.3 Å². The molecule has 0 aromatic heterocycles. The Kier molecular flexibility index (Phi) is 4.51. The van der Waals surface area contributed by atoms with Crippen molar-refractivity contribution in [2.24, 2.45) is 5.18 Å². The van der Waals surface area contributed by atoms with E-state index in [-0.39, 0.29) is 12.3 Å². The molecule has 1 aromatic rings. The largest absolute Gasteiger partial charge is 0.455 e. The first-order valence-corrected chi connectivity index (χ1v) is 4.78. The van der Waals surface area contributed by atoms with Crippen molar-refractivity contribution >= 4 is 11.7 Å². The fraction of sp³-hybridized carbons (Fsp3) is 0.182. The Morgan fingerprint density at radius 2 is 2.41 bits per heavy atom. The summed E-state index contributed by atoms with van der Waals surface area (Å²) in [7, 11) is 0. The summed E-state index contributed by atoms with van der Waals surface area (Å²) in [5.41, 5.74) is 0.478. The van der Waals surface area contributed by atoms with Crippen LogP contribution in [0.15, 0.2) is 42.1 Å². The van der Waals surface area contributed by atoms with Crippen LogP contribution in [0.1, 0.15) is 11.6 Å². The summed E-state index contributed by atoms with van der Waals surface area (Å²) in [5.74, 6) is -0.726. The zero-order chi connectivity index (χ0) is 12.7. The molecule has 6 nitrogen and oxygen atoms in total. The number of nitroso groups, excluding NO2 is 1. The predicted octanol–water partition coefficient (Wildman–Crippen LogP) is 2.71. The monoisotopic (exact) mass is 232 g/mol. The Balaban J connectivity index is 2.93. The van der Waals surface area contributed by atoms with Gasteiger partial charge in [0, 0.05) is 0 Å². The van der Waals surface area contributed by atoms with E-state index < -0.39 is 12.0 Å². The number of ether oxygens (including phenoxy) is 1. The predicted molar refractivity (Wildman–Crippen MR) is 60.9 cm³/mol. The quantitative estimate of drug-likeness (QED) is 0.338. The topological polar surface area (TPSA) is 83.9 Å². The third-order valence-corrected chi connectivity index (χ3v) is 1.97. The van der Waals surface area contributed by atoms with Crippen LogP contribution in [0.2, 0.25) is 0 Å². The van der Waals surface area contributed by atoms with Gasteiger partial charge in [0.25, 0.3) is 0 Å². The Morgan fingerprint density at radius 1 is 1.65 bits per heavy atom. The SMILES string of the molecule is C=CCOC(=O)C([N+]#N)c1cccc(N=O)c1. The highest BCUT2D eigenvalue weighted by molar-refractivity contribution is 5.79. The minimum Gasteiger partial charge on any atom is -0.455 e. The maximum atomic E-state index is 11.5. The van der Waals surface area contributed by atoms with Crippen molar-refractivity contribution in [2.45, 2.75) is 6.04 Å². The first-order chi connectivity index (χ1) is 8.22. The van der Waals surface area contributed by atoms with Crippen LogP contribution in [0.25, 0.3) is 4.98 Å². The highest BCUT2D eigenvalue weighted by atomic mass is 16.5. The lowest BCUT2D eigenvalue weighted by molar-refractivity contribution is -0.143. The molecule has 0 bridgehead atoms. The van der Waals surface area contributed by atoms with Crippen LogP contribution in [0.3, 0.4) is 0 Å². The Labute approximate surface area is 97.5 Å². The standard InChI is InChI=1S/C11H10N3O3/c1-2-6-17-11(15)10(13-12)8-4-3-5-9(7-8)14-16/h2-5,7,10H,1,6H2/q+1. The van der Waals surface area contributed by atoms with Crippen LogP contribution in [-0.2, 0) is 9.53 Å². The van der Waals surface area contributed by atoms with E-state index in [1.54, 1.807) is 0 Å². The molecule has 1 atom stereocenters. The van der Waals surface area contributed by atoms with Crippen molar-refractivity contribution in [3.63, 3.8) is 0 Å². The minimum atomic E-state index is -1.18. The zero-order valence-electron chi connectivity index (χ0n) is 8.94. The molecule has 17 heavy (non-hydrogen) atoms. The van der Waals surface area contributed by atoms with Crippen molar-refractivity contribution in [1.29, 1.82) is 5.39 Å². The number of hydrogen-bond donors (Lipinski definition) is 0. The summed E-state index contributed by atoms with van der Waals surface area (Å²) < 4.78 is 4.75. The molecule has 0 radical (unpaired) electrons. The Bertz CT molecular complexity index is 479. The van der Waals surface area contributed by atoms with Gasteiger partial charge in [-0.25, -0.2) is 4.79 Å². The first kappa shape index (κ1) is 12.5. The van der Waals surface area contributed by atoms with Gasteiger partial charge in [-0.05, 0) is 17.3 Å². The number of hydrogen-bond acceptors (Lipinski definition) is 5. The molecule has 0 heterocycles. The van der Waals surface area contributed by atoms with Gasteiger partial charge >= 0.3 is 12.0 Å². The van der Waals surface area contributed by atoms with Crippen molar-refractivity contribution in [1.82, 2.24) is 0 Å². The lowest BCUT2D eigenvalue weighted by atomic mass is 10.1. The average molecular weight is 232 g/mol. The molecule has 6 heteroatoms. The number of esters is 1. The van der Waals surface area contributed by atoms with Gasteiger partial charge in [0.05, 0.1) is 5.56 Å². The van der Waals surface area contributed by atoms with Crippen molar-refractivity contribution in [3.05, 3.63) is 52.4 Å². The van der Waals surface area contributed by atoms with E-state index in [0.29, 0.717) is 5.56 Å². The number of diazo groups is 1. The number of rotatable bonds is 5. The lowest BCUT2D eigenvalue weighted by Gasteiger charge is -2.00. The highest BCUT2D eigenvalue weighted by Gasteiger charge is 2.34. The summed E-state index contributed by atoms with van der Waals surface area (Å²) in [6, 6.07) is 4.71. The molecule has 86 valence electrons. The van der Waals surface area contributed by atoms with Crippen LogP contribution < -0.4 is 0 Å². The third kappa shape index (κ3) is 3.21. The maximum absolute atomic E-state index is 11.5. The fourth-order valence-electron chi connectivity index (χ4n) is 1.22. The van der Waals surface area contributed by atoms with E-state index >= 15 is 0 Å². The summed E-state index contributed by atoms with van der Waals surface area (Å²) in [6.45, 7) is 3.42.